The van der Waals surface area contributed by atoms with Gasteiger partial charge in [-0.2, -0.15) is 0 Å². The molecular formula is C18H23N3O7. The summed E-state index contributed by atoms with van der Waals surface area (Å²) in [6.07, 6.45) is 0.00361. The zero-order valence-corrected chi connectivity index (χ0v) is 15.9. The summed E-state index contributed by atoms with van der Waals surface area (Å²) in [5.41, 5.74) is 0.574. The lowest BCUT2D eigenvalue weighted by Crippen LogP contribution is -2.48. The van der Waals surface area contributed by atoms with Crippen LogP contribution in [0.4, 0.5) is 5.69 Å². The molecule has 1 aromatic carbocycles. The third-order valence-electron chi connectivity index (χ3n) is 4.34. The third kappa shape index (κ3) is 4.90. The number of benzene rings is 1. The monoisotopic (exact) mass is 393 g/mol. The molecule has 0 spiro atoms. The number of carboxylic acids is 1. The average Bonchev–Trinajstić information content (AvgIpc) is 3.07. The van der Waals surface area contributed by atoms with E-state index >= 15 is 0 Å². The van der Waals surface area contributed by atoms with E-state index in [1.807, 2.05) is 0 Å². The van der Waals surface area contributed by atoms with Crippen LogP contribution in [0, 0.1) is 5.92 Å². The minimum atomic E-state index is -1.18. The predicted molar refractivity (Wildman–Crippen MR) is 98.3 cm³/mol. The molecular weight excluding hydrogens is 370 g/mol. The fourth-order valence-electron chi connectivity index (χ4n) is 2.84. The Morgan fingerprint density at radius 1 is 1.25 bits per heavy atom. The summed E-state index contributed by atoms with van der Waals surface area (Å²) in [6, 6.07) is 4.10. The molecule has 0 saturated carbocycles. The molecule has 0 aromatic heterocycles. The molecule has 0 radical (unpaired) electrons. The van der Waals surface area contributed by atoms with Crippen LogP contribution in [-0.4, -0.2) is 62.1 Å². The minimum absolute atomic E-state index is 0.00361. The first-order valence-electron chi connectivity index (χ1n) is 8.59. The average molecular weight is 393 g/mol. The summed E-state index contributed by atoms with van der Waals surface area (Å²) in [5.74, 6) is -2.12. The number of nitrogens with zero attached hydrogens (tertiary/aromatic N) is 1. The number of hydrogen-bond acceptors (Lipinski definition) is 6. The van der Waals surface area contributed by atoms with E-state index in [0.717, 1.165) is 0 Å². The lowest BCUT2D eigenvalue weighted by molar-refractivity contribution is -0.138. The van der Waals surface area contributed by atoms with E-state index in [2.05, 4.69) is 10.6 Å². The van der Waals surface area contributed by atoms with E-state index in [4.69, 9.17) is 14.6 Å². The van der Waals surface area contributed by atoms with Crippen LogP contribution in [0.3, 0.4) is 0 Å². The molecule has 3 N–H and O–H groups in total. The molecule has 2 unspecified atom stereocenters. The molecule has 1 fully saturated rings. The number of carbonyl (C=O) groups is 4. The zero-order chi connectivity index (χ0) is 20.8. The van der Waals surface area contributed by atoms with Gasteiger partial charge in [0, 0.05) is 24.7 Å². The highest BCUT2D eigenvalue weighted by molar-refractivity contribution is 6.01. The van der Waals surface area contributed by atoms with E-state index in [1.165, 1.54) is 26.0 Å². The summed E-state index contributed by atoms with van der Waals surface area (Å²) in [7, 11) is 2.99. The van der Waals surface area contributed by atoms with Gasteiger partial charge in [-0.1, -0.05) is 0 Å². The van der Waals surface area contributed by atoms with E-state index in [-0.39, 0.29) is 18.9 Å². The van der Waals surface area contributed by atoms with Gasteiger partial charge in [-0.3, -0.25) is 19.2 Å². The quantitative estimate of drug-likeness (QED) is 0.555. The van der Waals surface area contributed by atoms with Crippen LogP contribution in [0.1, 0.15) is 13.3 Å². The van der Waals surface area contributed by atoms with Crippen LogP contribution < -0.4 is 25.0 Å². The second kappa shape index (κ2) is 9.07. The largest absolute Gasteiger partial charge is 0.493 e. The Kier molecular flexibility index (Phi) is 6.80. The minimum Gasteiger partial charge on any atom is -0.493 e. The van der Waals surface area contributed by atoms with Crippen LogP contribution >= 0.6 is 0 Å². The van der Waals surface area contributed by atoms with Crippen molar-refractivity contribution in [3.05, 3.63) is 18.2 Å². The summed E-state index contributed by atoms with van der Waals surface area (Å²) in [4.78, 5) is 48.5. The van der Waals surface area contributed by atoms with E-state index in [0.29, 0.717) is 17.2 Å². The molecule has 1 aliphatic heterocycles. The standard InChI is InChI=1S/C18H23N3O7/c1-10(17(25)19-8-16(23)24)20-18(26)11-6-15(22)21(9-11)12-4-5-13(27-2)14(7-12)28-3/h4-5,7,10-11H,6,8-9H2,1-3H3,(H,19,25)(H,20,26)(H,23,24). The Morgan fingerprint density at radius 2 is 1.93 bits per heavy atom. The van der Waals surface area contributed by atoms with Crippen molar-refractivity contribution in [2.45, 2.75) is 19.4 Å². The van der Waals surface area contributed by atoms with Crippen molar-refractivity contribution in [1.82, 2.24) is 10.6 Å². The predicted octanol–water partition coefficient (Wildman–Crippen LogP) is -0.238. The second-order valence-corrected chi connectivity index (χ2v) is 6.29. The molecule has 10 heteroatoms. The highest BCUT2D eigenvalue weighted by Gasteiger charge is 2.36. The van der Waals surface area contributed by atoms with Crippen molar-refractivity contribution in [1.29, 1.82) is 0 Å². The maximum atomic E-state index is 12.4. The van der Waals surface area contributed by atoms with Crippen molar-refractivity contribution in [3.8, 4) is 11.5 Å². The fraction of sp³-hybridized carbons (Fsp3) is 0.444. The van der Waals surface area contributed by atoms with Crippen LogP contribution in [0.2, 0.25) is 0 Å². The summed E-state index contributed by atoms with van der Waals surface area (Å²) in [6.45, 7) is 1.07. The van der Waals surface area contributed by atoms with Gasteiger partial charge in [0.05, 0.1) is 20.1 Å². The van der Waals surface area contributed by atoms with Crippen LogP contribution in [0.5, 0.6) is 11.5 Å². The van der Waals surface area contributed by atoms with Gasteiger partial charge in [-0.05, 0) is 19.1 Å². The van der Waals surface area contributed by atoms with Crippen LogP contribution in [-0.2, 0) is 19.2 Å². The zero-order valence-electron chi connectivity index (χ0n) is 15.9. The topological polar surface area (TPSA) is 134 Å². The third-order valence-corrected chi connectivity index (χ3v) is 4.34. The molecule has 152 valence electrons. The first-order valence-corrected chi connectivity index (χ1v) is 8.59. The number of amides is 3. The molecule has 1 aromatic rings. The molecule has 0 bridgehead atoms. The normalized spacial score (nSPS) is 17.0. The molecule has 1 aliphatic rings. The Labute approximate surface area is 161 Å². The Hall–Kier alpha value is -3.30. The second-order valence-electron chi connectivity index (χ2n) is 6.29. The van der Waals surface area contributed by atoms with Gasteiger partial charge >= 0.3 is 5.97 Å². The van der Waals surface area contributed by atoms with Crippen molar-refractivity contribution in [3.63, 3.8) is 0 Å². The van der Waals surface area contributed by atoms with E-state index in [9.17, 15) is 19.2 Å². The highest BCUT2D eigenvalue weighted by atomic mass is 16.5. The van der Waals surface area contributed by atoms with Gasteiger partial charge in [-0.15, -0.1) is 0 Å². The first kappa shape index (κ1) is 21.0. The van der Waals surface area contributed by atoms with Crippen molar-refractivity contribution in [2.75, 3.05) is 32.2 Å². The Morgan fingerprint density at radius 3 is 2.54 bits per heavy atom. The number of carboxylic acid groups (broad SMARTS) is 1. The number of hydrogen-bond donors (Lipinski definition) is 3. The van der Waals surface area contributed by atoms with Gasteiger partial charge in [0.1, 0.15) is 12.6 Å². The van der Waals surface area contributed by atoms with Gasteiger partial charge in [0.15, 0.2) is 11.5 Å². The molecule has 1 heterocycles. The lowest BCUT2D eigenvalue weighted by Gasteiger charge is -2.19. The van der Waals surface area contributed by atoms with E-state index in [1.54, 1.807) is 18.2 Å². The number of ether oxygens (including phenoxy) is 2. The lowest BCUT2D eigenvalue weighted by atomic mass is 10.1. The van der Waals surface area contributed by atoms with Gasteiger partial charge < -0.3 is 30.1 Å². The maximum absolute atomic E-state index is 12.4. The van der Waals surface area contributed by atoms with Crippen LogP contribution in [0.25, 0.3) is 0 Å². The fourth-order valence-corrected chi connectivity index (χ4v) is 2.84. The van der Waals surface area contributed by atoms with Crippen molar-refractivity contribution in [2.24, 2.45) is 5.92 Å². The SMILES string of the molecule is COc1ccc(N2CC(C(=O)NC(C)C(=O)NCC(=O)O)CC2=O)cc1OC. The van der Waals surface area contributed by atoms with Crippen molar-refractivity contribution >= 4 is 29.4 Å². The molecule has 2 rings (SSSR count). The molecule has 28 heavy (non-hydrogen) atoms. The molecule has 3 amide bonds. The first-order chi connectivity index (χ1) is 13.3. The highest BCUT2D eigenvalue weighted by Crippen LogP contribution is 2.34. The summed E-state index contributed by atoms with van der Waals surface area (Å²) < 4.78 is 10.4. The Balaban J connectivity index is 2.01. The van der Waals surface area contributed by atoms with Gasteiger partial charge in [0.25, 0.3) is 0 Å². The molecule has 0 aliphatic carbocycles. The number of rotatable bonds is 8. The number of methoxy groups -OCH3 is 2. The smallest absolute Gasteiger partial charge is 0.322 e. The van der Waals surface area contributed by atoms with Gasteiger partial charge in [-0.25, -0.2) is 0 Å². The van der Waals surface area contributed by atoms with Crippen molar-refractivity contribution < 1.29 is 33.8 Å². The maximum Gasteiger partial charge on any atom is 0.322 e. The Bertz CT molecular complexity index is 780. The summed E-state index contributed by atoms with van der Waals surface area (Å²) >= 11 is 0. The number of nitrogens with one attached hydrogen (secondary N) is 2. The number of carbonyl (C=O) groups excluding carboxylic acids is 3. The van der Waals surface area contributed by atoms with Crippen LogP contribution in [0.15, 0.2) is 18.2 Å². The van der Waals surface area contributed by atoms with Gasteiger partial charge in [0.2, 0.25) is 17.7 Å². The molecule has 2 atom stereocenters. The molecule has 1 saturated heterocycles. The summed E-state index contributed by atoms with van der Waals surface area (Å²) in [5, 5.41) is 13.3. The number of anilines is 1. The van der Waals surface area contributed by atoms with E-state index < -0.39 is 36.3 Å². The number of aliphatic carboxylic acids is 1. The molecule has 10 nitrogen and oxygen atoms in total.